The van der Waals surface area contributed by atoms with Crippen molar-refractivity contribution in [3.63, 3.8) is 0 Å². The number of nitrogens with one attached hydrogen (secondary N) is 1. The van der Waals surface area contributed by atoms with Crippen LogP contribution in [0.1, 0.15) is 5.56 Å². The van der Waals surface area contributed by atoms with Crippen LogP contribution in [0.4, 0.5) is 5.82 Å². The topological polar surface area (TPSA) is 95.3 Å². The van der Waals surface area contributed by atoms with Crippen LogP contribution >= 0.6 is 0 Å². The molecule has 2 aromatic rings. The molecule has 1 aromatic heterocycles. The molecule has 1 fully saturated rings. The van der Waals surface area contributed by atoms with Crippen LogP contribution in [0.5, 0.6) is 5.75 Å². The van der Waals surface area contributed by atoms with Gasteiger partial charge in [0.25, 0.3) is 0 Å². The van der Waals surface area contributed by atoms with E-state index in [9.17, 15) is 8.42 Å². The van der Waals surface area contributed by atoms with Crippen LogP contribution in [-0.4, -0.2) is 43.9 Å². The number of nitrogens with zero attached hydrogens (tertiary/aromatic N) is 3. The van der Waals surface area contributed by atoms with Gasteiger partial charge in [0.1, 0.15) is 11.6 Å². The summed E-state index contributed by atoms with van der Waals surface area (Å²) in [5, 5.41) is 12.0. The molecule has 3 rings (SSSR count). The van der Waals surface area contributed by atoms with Gasteiger partial charge in [-0.1, -0.05) is 0 Å². The number of anilines is 1. The number of hydrogen-bond donors (Lipinski definition) is 1. The van der Waals surface area contributed by atoms with E-state index in [1.54, 1.807) is 30.5 Å². The maximum Gasteiger partial charge on any atom is 0.243 e. The second-order valence-electron chi connectivity index (χ2n) is 5.38. The first-order chi connectivity index (χ1) is 11.5. The predicted molar refractivity (Wildman–Crippen MR) is 88.1 cm³/mol. The number of sulfonamides is 1. The molecule has 24 heavy (non-hydrogen) atoms. The van der Waals surface area contributed by atoms with E-state index in [0.29, 0.717) is 30.2 Å². The van der Waals surface area contributed by atoms with Crippen LogP contribution in [0.15, 0.2) is 47.5 Å². The minimum Gasteiger partial charge on any atom is -0.497 e. The van der Waals surface area contributed by atoms with E-state index in [2.05, 4.69) is 10.3 Å². The number of methoxy groups -OCH3 is 1. The maximum atomic E-state index is 12.5. The Balaban J connectivity index is 1.63. The summed E-state index contributed by atoms with van der Waals surface area (Å²) in [5.74, 6) is 1.18. The first-order valence-corrected chi connectivity index (χ1v) is 8.74. The molecule has 0 spiro atoms. The van der Waals surface area contributed by atoms with E-state index in [-0.39, 0.29) is 10.9 Å². The highest BCUT2D eigenvalue weighted by atomic mass is 32.2. The van der Waals surface area contributed by atoms with Crippen LogP contribution in [0.3, 0.4) is 0 Å². The summed E-state index contributed by atoms with van der Waals surface area (Å²) in [6, 6.07) is 11.6. The average molecular weight is 344 g/mol. The number of rotatable bonds is 5. The summed E-state index contributed by atoms with van der Waals surface area (Å²) >= 11 is 0. The quantitative estimate of drug-likeness (QED) is 0.882. The zero-order valence-corrected chi connectivity index (χ0v) is 13.8. The Morgan fingerprint density at radius 1 is 1.29 bits per heavy atom. The molecular formula is C16H16N4O3S. The van der Waals surface area contributed by atoms with Crippen molar-refractivity contribution >= 4 is 15.8 Å². The molecule has 8 heteroatoms. The highest BCUT2D eigenvalue weighted by Crippen LogP contribution is 2.24. The van der Waals surface area contributed by atoms with Crippen molar-refractivity contribution in [1.29, 1.82) is 5.26 Å². The van der Waals surface area contributed by atoms with Crippen molar-refractivity contribution in [2.75, 3.05) is 25.5 Å². The van der Waals surface area contributed by atoms with Gasteiger partial charge < -0.3 is 10.1 Å². The second kappa shape index (κ2) is 6.47. The standard InChI is InChI=1S/C16H16N4O3S/c1-23-14-2-4-15(5-3-14)24(21,22)20-10-13(11-20)19-16-8-12(9-17)6-7-18-16/h2-8,13H,10-11H2,1H3,(H,18,19). The van der Waals surface area contributed by atoms with Gasteiger partial charge in [-0.15, -0.1) is 0 Å². The van der Waals surface area contributed by atoms with E-state index in [1.165, 1.54) is 23.5 Å². The Kier molecular flexibility index (Phi) is 4.38. The molecule has 7 nitrogen and oxygen atoms in total. The van der Waals surface area contributed by atoms with Gasteiger partial charge in [0.2, 0.25) is 10.0 Å². The number of nitriles is 1. The van der Waals surface area contributed by atoms with E-state index in [0.717, 1.165) is 0 Å². The summed E-state index contributed by atoms with van der Waals surface area (Å²) in [4.78, 5) is 4.37. The molecule has 1 aromatic carbocycles. The molecular weight excluding hydrogens is 328 g/mol. The van der Waals surface area contributed by atoms with Crippen molar-refractivity contribution in [2.45, 2.75) is 10.9 Å². The van der Waals surface area contributed by atoms with Gasteiger partial charge in [0.05, 0.1) is 29.7 Å². The average Bonchev–Trinajstić information content (AvgIpc) is 2.57. The highest BCUT2D eigenvalue weighted by Gasteiger charge is 2.36. The Bertz CT molecular complexity index is 869. The number of benzene rings is 1. The van der Waals surface area contributed by atoms with Gasteiger partial charge in [-0.2, -0.15) is 9.57 Å². The molecule has 0 bridgehead atoms. The van der Waals surface area contributed by atoms with Gasteiger partial charge in [0, 0.05) is 19.3 Å². The van der Waals surface area contributed by atoms with Crippen LogP contribution in [-0.2, 0) is 10.0 Å². The third-order valence-electron chi connectivity index (χ3n) is 3.79. The van der Waals surface area contributed by atoms with Crippen molar-refractivity contribution in [3.8, 4) is 11.8 Å². The molecule has 124 valence electrons. The zero-order chi connectivity index (χ0) is 17.2. The van der Waals surface area contributed by atoms with Gasteiger partial charge in [-0.25, -0.2) is 13.4 Å². The fourth-order valence-electron chi connectivity index (χ4n) is 2.41. The molecule has 0 saturated carbocycles. The van der Waals surface area contributed by atoms with Crippen molar-refractivity contribution in [2.24, 2.45) is 0 Å². The van der Waals surface area contributed by atoms with Crippen LogP contribution in [0.2, 0.25) is 0 Å². The van der Waals surface area contributed by atoms with E-state index in [4.69, 9.17) is 10.00 Å². The molecule has 1 aliphatic heterocycles. The normalized spacial score (nSPS) is 15.3. The molecule has 0 atom stereocenters. The molecule has 0 aliphatic carbocycles. The van der Waals surface area contributed by atoms with Gasteiger partial charge in [-0.3, -0.25) is 0 Å². The lowest BCUT2D eigenvalue weighted by atomic mass is 10.2. The van der Waals surface area contributed by atoms with Crippen LogP contribution < -0.4 is 10.1 Å². The molecule has 1 N–H and O–H groups in total. The van der Waals surface area contributed by atoms with Gasteiger partial charge in [-0.05, 0) is 36.4 Å². The third-order valence-corrected chi connectivity index (χ3v) is 5.63. The van der Waals surface area contributed by atoms with Crippen molar-refractivity contribution < 1.29 is 13.2 Å². The zero-order valence-electron chi connectivity index (χ0n) is 13.0. The molecule has 2 heterocycles. The summed E-state index contributed by atoms with van der Waals surface area (Å²) in [7, 11) is -1.97. The summed E-state index contributed by atoms with van der Waals surface area (Å²) in [5.41, 5.74) is 0.509. The third kappa shape index (κ3) is 3.18. The monoisotopic (exact) mass is 344 g/mol. The smallest absolute Gasteiger partial charge is 0.243 e. The largest absolute Gasteiger partial charge is 0.497 e. The summed E-state index contributed by atoms with van der Waals surface area (Å²) in [6.07, 6.45) is 1.55. The molecule has 0 amide bonds. The fourth-order valence-corrected chi connectivity index (χ4v) is 3.94. The minimum atomic E-state index is -3.50. The molecule has 1 aliphatic rings. The maximum absolute atomic E-state index is 12.5. The highest BCUT2D eigenvalue weighted by molar-refractivity contribution is 7.89. The molecule has 0 radical (unpaired) electrons. The molecule has 1 saturated heterocycles. The summed E-state index contributed by atoms with van der Waals surface area (Å²) in [6.45, 7) is 0.708. The number of ether oxygens (including phenoxy) is 1. The Morgan fingerprint density at radius 3 is 2.62 bits per heavy atom. The van der Waals surface area contributed by atoms with Crippen molar-refractivity contribution in [1.82, 2.24) is 9.29 Å². The van der Waals surface area contributed by atoms with Gasteiger partial charge >= 0.3 is 0 Å². The first-order valence-electron chi connectivity index (χ1n) is 7.30. The first kappa shape index (κ1) is 16.2. The predicted octanol–water partition coefficient (Wildman–Crippen LogP) is 1.45. The minimum absolute atomic E-state index is 0.0283. The Labute approximate surface area is 140 Å². The van der Waals surface area contributed by atoms with Crippen LogP contribution in [0.25, 0.3) is 0 Å². The van der Waals surface area contributed by atoms with Crippen molar-refractivity contribution in [3.05, 3.63) is 48.2 Å². The Morgan fingerprint density at radius 2 is 2.00 bits per heavy atom. The molecule has 0 unspecified atom stereocenters. The lowest BCUT2D eigenvalue weighted by molar-refractivity contribution is 0.280. The number of pyridine rings is 1. The Hall–Kier alpha value is -2.63. The number of aromatic nitrogens is 1. The second-order valence-corrected chi connectivity index (χ2v) is 7.32. The van der Waals surface area contributed by atoms with E-state index >= 15 is 0 Å². The van der Waals surface area contributed by atoms with E-state index in [1.807, 2.05) is 6.07 Å². The van der Waals surface area contributed by atoms with Crippen LogP contribution in [0, 0.1) is 11.3 Å². The van der Waals surface area contributed by atoms with E-state index < -0.39 is 10.0 Å². The lowest BCUT2D eigenvalue weighted by Crippen LogP contribution is -2.56. The lowest BCUT2D eigenvalue weighted by Gasteiger charge is -2.38. The fraction of sp³-hybridized carbons (Fsp3) is 0.250. The SMILES string of the molecule is COc1ccc(S(=O)(=O)N2CC(Nc3cc(C#N)ccn3)C2)cc1. The van der Waals surface area contributed by atoms with Gasteiger partial charge in [0.15, 0.2) is 0 Å². The number of hydrogen-bond acceptors (Lipinski definition) is 6. The summed E-state index contributed by atoms with van der Waals surface area (Å²) < 4.78 is 31.5.